The Hall–Kier alpha value is -2.06. The van der Waals surface area contributed by atoms with E-state index < -0.39 is 11.7 Å². The minimum absolute atomic E-state index is 0.189. The summed E-state index contributed by atoms with van der Waals surface area (Å²) in [6, 6.07) is 12.2. The Labute approximate surface area is 159 Å². The van der Waals surface area contributed by atoms with E-state index in [9.17, 15) is 13.2 Å². The van der Waals surface area contributed by atoms with Gasteiger partial charge in [-0.25, -0.2) is 0 Å². The first-order valence-electron chi connectivity index (χ1n) is 7.57. The predicted molar refractivity (Wildman–Crippen MR) is 104 cm³/mol. The fourth-order valence-electron chi connectivity index (χ4n) is 1.99. The molecule has 0 amide bonds. The second-order valence-corrected chi connectivity index (χ2v) is 6.79. The average molecular weight is 398 g/mol. The van der Waals surface area contributed by atoms with Gasteiger partial charge in [0.15, 0.2) is 4.32 Å². The van der Waals surface area contributed by atoms with Crippen LogP contribution in [0, 0.1) is 0 Å². The minimum Gasteiger partial charge on any atom is -0.489 e. The van der Waals surface area contributed by atoms with Gasteiger partial charge in [-0.2, -0.15) is 18.3 Å². The molecule has 1 N–H and O–H groups in total. The molecule has 26 heavy (non-hydrogen) atoms. The van der Waals surface area contributed by atoms with Crippen molar-refractivity contribution in [1.82, 2.24) is 5.43 Å². The van der Waals surface area contributed by atoms with Crippen LogP contribution in [0.5, 0.6) is 5.75 Å². The van der Waals surface area contributed by atoms with Crippen LogP contribution in [0.4, 0.5) is 13.2 Å². The van der Waals surface area contributed by atoms with Crippen molar-refractivity contribution in [2.75, 3.05) is 6.26 Å². The molecule has 0 fully saturated rings. The van der Waals surface area contributed by atoms with Gasteiger partial charge in [-0.3, -0.25) is 5.43 Å². The van der Waals surface area contributed by atoms with Crippen LogP contribution in [-0.2, 0) is 12.8 Å². The second-order valence-electron chi connectivity index (χ2n) is 5.31. The second kappa shape index (κ2) is 9.05. The number of halogens is 3. The largest absolute Gasteiger partial charge is 0.489 e. The Balaban J connectivity index is 1.94. The Morgan fingerprint density at radius 2 is 1.73 bits per heavy atom. The van der Waals surface area contributed by atoms with Gasteiger partial charge in [0.1, 0.15) is 12.4 Å². The van der Waals surface area contributed by atoms with Crippen molar-refractivity contribution in [3.8, 4) is 5.75 Å². The quantitative estimate of drug-likeness (QED) is 0.424. The lowest BCUT2D eigenvalue weighted by atomic mass is 10.1. The summed E-state index contributed by atoms with van der Waals surface area (Å²) < 4.78 is 43.8. The molecule has 0 atom stereocenters. The van der Waals surface area contributed by atoms with Crippen LogP contribution in [0.3, 0.4) is 0 Å². The summed E-state index contributed by atoms with van der Waals surface area (Å²) >= 11 is 6.42. The normalized spacial score (nSPS) is 12.0. The topological polar surface area (TPSA) is 33.6 Å². The highest BCUT2D eigenvalue weighted by atomic mass is 32.2. The molecule has 0 bridgehead atoms. The Morgan fingerprint density at radius 3 is 2.27 bits per heavy atom. The Morgan fingerprint density at radius 1 is 1.12 bits per heavy atom. The molecule has 0 aromatic heterocycles. The van der Waals surface area contributed by atoms with E-state index in [-0.39, 0.29) is 6.61 Å². The lowest BCUT2D eigenvalue weighted by Gasteiger charge is -2.10. The molecule has 0 aliphatic heterocycles. The number of hydrogen-bond donors (Lipinski definition) is 1. The summed E-state index contributed by atoms with van der Waals surface area (Å²) in [5.74, 6) is 0.619. The molecule has 2 rings (SSSR count). The molecule has 2 aromatic rings. The number of hydrogen-bond acceptors (Lipinski definition) is 4. The highest BCUT2D eigenvalue weighted by Crippen LogP contribution is 2.29. The smallest absolute Gasteiger partial charge is 0.416 e. The van der Waals surface area contributed by atoms with Gasteiger partial charge in [-0.05, 0) is 60.7 Å². The lowest BCUT2D eigenvalue weighted by Crippen LogP contribution is -2.13. The summed E-state index contributed by atoms with van der Waals surface area (Å²) in [5.41, 5.74) is 4.45. The summed E-state index contributed by atoms with van der Waals surface area (Å²) in [5, 5.41) is 4.19. The van der Waals surface area contributed by atoms with Crippen LogP contribution in [0.1, 0.15) is 23.6 Å². The molecule has 0 saturated carbocycles. The number of nitrogens with one attached hydrogen (secondary N) is 1. The molecule has 2 aromatic carbocycles. The number of ether oxygens (including phenoxy) is 1. The molecule has 0 aliphatic carbocycles. The summed E-state index contributed by atoms with van der Waals surface area (Å²) in [4.78, 5) is 0. The summed E-state index contributed by atoms with van der Waals surface area (Å²) in [6.07, 6.45) is -2.47. The van der Waals surface area contributed by atoms with E-state index in [0.29, 0.717) is 15.6 Å². The van der Waals surface area contributed by atoms with E-state index >= 15 is 0 Å². The first-order chi connectivity index (χ1) is 12.3. The number of hydrazone groups is 1. The van der Waals surface area contributed by atoms with Crippen molar-refractivity contribution in [2.24, 2.45) is 5.10 Å². The van der Waals surface area contributed by atoms with Crippen molar-refractivity contribution in [3.63, 3.8) is 0 Å². The van der Waals surface area contributed by atoms with Crippen LogP contribution in [0.2, 0.25) is 0 Å². The number of nitrogens with zero attached hydrogens (tertiary/aromatic N) is 1. The third-order valence-electron chi connectivity index (χ3n) is 3.46. The van der Waals surface area contributed by atoms with Gasteiger partial charge in [-0.15, -0.1) is 0 Å². The number of rotatable bonds is 5. The standard InChI is InChI=1S/C18H17F3N2OS2/c1-12(22-23-17(25)26-2)14-5-9-16(10-6-14)24-11-13-3-7-15(8-4-13)18(19,20)21/h3-10H,11H2,1-2H3,(H,23,25)/b22-12+. The van der Waals surface area contributed by atoms with Gasteiger partial charge in [0.25, 0.3) is 0 Å². The van der Waals surface area contributed by atoms with Crippen LogP contribution in [0.25, 0.3) is 0 Å². The number of thioether (sulfide) groups is 1. The fourth-order valence-corrected chi connectivity index (χ4v) is 2.17. The number of alkyl halides is 3. The molecule has 138 valence electrons. The Kier molecular flexibility index (Phi) is 7.05. The van der Waals surface area contributed by atoms with Gasteiger partial charge >= 0.3 is 6.18 Å². The van der Waals surface area contributed by atoms with Gasteiger partial charge in [-0.1, -0.05) is 36.1 Å². The van der Waals surface area contributed by atoms with Crippen LogP contribution in [0.15, 0.2) is 53.6 Å². The fraction of sp³-hybridized carbons (Fsp3) is 0.222. The molecule has 0 unspecified atom stereocenters. The average Bonchev–Trinajstić information content (AvgIpc) is 2.64. The molecule has 3 nitrogen and oxygen atoms in total. The predicted octanol–water partition coefficient (Wildman–Crippen LogP) is 5.25. The Bertz CT molecular complexity index is 773. The minimum atomic E-state index is -4.33. The van der Waals surface area contributed by atoms with E-state index in [4.69, 9.17) is 17.0 Å². The molecule has 0 saturated heterocycles. The molecular formula is C18H17F3N2OS2. The van der Waals surface area contributed by atoms with Crippen LogP contribution < -0.4 is 10.2 Å². The van der Waals surface area contributed by atoms with E-state index in [1.165, 1.54) is 23.9 Å². The van der Waals surface area contributed by atoms with E-state index in [1.54, 1.807) is 12.1 Å². The summed E-state index contributed by atoms with van der Waals surface area (Å²) in [7, 11) is 0. The number of benzene rings is 2. The maximum absolute atomic E-state index is 12.5. The maximum Gasteiger partial charge on any atom is 0.416 e. The molecule has 0 radical (unpaired) electrons. The van der Waals surface area contributed by atoms with Gasteiger partial charge in [0.05, 0.1) is 11.3 Å². The zero-order chi connectivity index (χ0) is 19.2. The molecular weight excluding hydrogens is 381 g/mol. The third-order valence-corrected chi connectivity index (χ3v) is 4.51. The van der Waals surface area contributed by atoms with E-state index in [1.807, 2.05) is 25.3 Å². The summed E-state index contributed by atoms with van der Waals surface area (Å²) in [6.45, 7) is 2.04. The first-order valence-corrected chi connectivity index (χ1v) is 9.20. The van der Waals surface area contributed by atoms with Crippen molar-refractivity contribution >= 4 is 34.0 Å². The van der Waals surface area contributed by atoms with Crippen LogP contribution >= 0.6 is 24.0 Å². The van der Waals surface area contributed by atoms with Crippen molar-refractivity contribution < 1.29 is 17.9 Å². The third kappa shape index (κ3) is 6.03. The lowest BCUT2D eigenvalue weighted by molar-refractivity contribution is -0.137. The highest BCUT2D eigenvalue weighted by Gasteiger charge is 2.29. The molecule has 0 spiro atoms. The SMILES string of the molecule is CSC(=S)N/N=C(\C)c1ccc(OCc2ccc(C(F)(F)F)cc2)cc1. The van der Waals surface area contributed by atoms with Crippen molar-refractivity contribution in [1.29, 1.82) is 0 Å². The first kappa shape index (κ1) is 20.3. The van der Waals surface area contributed by atoms with Gasteiger partial charge in [0, 0.05) is 0 Å². The molecule has 8 heteroatoms. The zero-order valence-electron chi connectivity index (χ0n) is 14.1. The van der Waals surface area contributed by atoms with E-state index in [0.717, 1.165) is 23.4 Å². The van der Waals surface area contributed by atoms with E-state index in [2.05, 4.69) is 10.5 Å². The van der Waals surface area contributed by atoms with Crippen molar-refractivity contribution in [2.45, 2.75) is 19.7 Å². The molecule has 0 heterocycles. The zero-order valence-corrected chi connectivity index (χ0v) is 15.8. The van der Waals surface area contributed by atoms with Gasteiger partial charge in [0.2, 0.25) is 0 Å². The molecule has 0 aliphatic rings. The van der Waals surface area contributed by atoms with Crippen molar-refractivity contribution in [3.05, 3.63) is 65.2 Å². The van der Waals surface area contributed by atoms with Crippen LogP contribution in [-0.4, -0.2) is 16.3 Å². The number of thiocarbonyl (C=S) groups is 1. The monoisotopic (exact) mass is 398 g/mol. The highest BCUT2D eigenvalue weighted by molar-refractivity contribution is 8.22. The maximum atomic E-state index is 12.5. The van der Waals surface area contributed by atoms with Gasteiger partial charge < -0.3 is 4.74 Å².